The van der Waals surface area contributed by atoms with Gasteiger partial charge in [-0.25, -0.2) is 9.78 Å². The zero-order chi connectivity index (χ0) is 15.4. The van der Waals surface area contributed by atoms with Crippen LogP contribution in [0.2, 0.25) is 0 Å². The molecule has 0 saturated carbocycles. The molecular formula is C16H20N4OS. The van der Waals surface area contributed by atoms with Crippen molar-refractivity contribution in [2.24, 2.45) is 0 Å². The summed E-state index contributed by atoms with van der Waals surface area (Å²) in [5.74, 6) is 0. The van der Waals surface area contributed by atoms with Crippen molar-refractivity contribution in [3.63, 3.8) is 0 Å². The summed E-state index contributed by atoms with van der Waals surface area (Å²) >= 11 is 1.64. The van der Waals surface area contributed by atoms with Gasteiger partial charge >= 0.3 is 6.03 Å². The van der Waals surface area contributed by atoms with E-state index in [-0.39, 0.29) is 12.1 Å². The van der Waals surface area contributed by atoms with E-state index in [1.54, 1.807) is 17.5 Å². The van der Waals surface area contributed by atoms with Crippen LogP contribution < -0.4 is 5.32 Å². The topological polar surface area (TPSA) is 58.1 Å². The second kappa shape index (κ2) is 6.87. The van der Waals surface area contributed by atoms with Gasteiger partial charge in [-0.05, 0) is 31.9 Å². The Morgan fingerprint density at radius 3 is 3.14 bits per heavy atom. The van der Waals surface area contributed by atoms with Crippen molar-refractivity contribution in [1.82, 2.24) is 20.2 Å². The number of pyridine rings is 1. The van der Waals surface area contributed by atoms with Gasteiger partial charge in [0.1, 0.15) is 0 Å². The summed E-state index contributed by atoms with van der Waals surface area (Å²) in [6.07, 6.45) is 4.57. The maximum atomic E-state index is 12.4. The van der Waals surface area contributed by atoms with Gasteiger partial charge in [0.25, 0.3) is 0 Å². The molecule has 1 aliphatic rings. The summed E-state index contributed by atoms with van der Waals surface area (Å²) < 4.78 is 0. The van der Waals surface area contributed by atoms with Crippen LogP contribution in [0, 0.1) is 6.92 Å². The van der Waals surface area contributed by atoms with Gasteiger partial charge < -0.3 is 10.2 Å². The van der Waals surface area contributed by atoms with Gasteiger partial charge in [0.2, 0.25) is 0 Å². The van der Waals surface area contributed by atoms with E-state index in [0.717, 1.165) is 42.2 Å². The third-order valence-corrected chi connectivity index (χ3v) is 4.69. The minimum atomic E-state index is 0.0000968. The largest absolute Gasteiger partial charge is 0.338 e. The Bertz CT molecular complexity index is 628. The molecule has 116 valence electrons. The van der Waals surface area contributed by atoms with Crippen molar-refractivity contribution < 1.29 is 4.79 Å². The molecule has 0 spiro atoms. The van der Waals surface area contributed by atoms with Crippen molar-refractivity contribution in [2.75, 3.05) is 13.1 Å². The Morgan fingerprint density at radius 1 is 1.50 bits per heavy atom. The molecule has 0 aromatic carbocycles. The fraction of sp³-hybridized carbons (Fsp3) is 0.438. The van der Waals surface area contributed by atoms with E-state index >= 15 is 0 Å². The molecule has 2 aromatic heterocycles. The SMILES string of the molecule is Cc1nc(CCNC(=O)N2CCCC2c2ccccn2)cs1. The van der Waals surface area contributed by atoms with Crippen molar-refractivity contribution in [2.45, 2.75) is 32.2 Å². The Balaban J connectivity index is 1.55. The Labute approximate surface area is 134 Å². The molecule has 1 N–H and O–H groups in total. The highest BCUT2D eigenvalue weighted by Crippen LogP contribution is 2.30. The Kier molecular flexibility index (Phi) is 4.68. The van der Waals surface area contributed by atoms with Crippen LogP contribution in [0.4, 0.5) is 4.79 Å². The maximum Gasteiger partial charge on any atom is 0.317 e. The van der Waals surface area contributed by atoms with Gasteiger partial charge in [-0.1, -0.05) is 6.07 Å². The fourth-order valence-electron chi connectivity index (χ4n) is 2.81. The minimum Gasteiger partial charge on any atom is -0.338 e. The average Bonchev–Trinajstić information content (AvgIpc) is 3.17. The lowest BCUT2D eigenvalue weighted by Crippen LogP contribution is -2.40. The quantitative estimate of drug-likeness (QED) is 0.943. The number of aryl methyl sites for hydroxylation is 1. The maximum absolute atomic E-state index is 12.4. The van der Waals surface area contributed by atoms with E-state index in [1.165, 1.54) is 0 Å². The van der Waals surface area contributed by atoms with E-state index in [1.807, 2.05) is 35.4 Å². The van der Waals surface area contributed by atoms with Gasteiger partial charge in [0.15, 0.2) is 0 Å². The molecule has 1 unspecified atom stereocenters. The molecule has 0 aliphatic carbocycles. The third kappa shape index (κ3) is 3.44. The molecule has 3 heterocycles. The number of rotatable bonds is 4. The first kappa shape index (κ1) is 15.0. The van der Waals surface area contributed by atoms with Crippen molar-refractivity contribution in [1.29, 1.82) is 0 Å². The van der Waals surface area contributed by atoms with Crippen LogP contribution in [0.25, 0.3) is 0 Å². The van der Waals surface area contributed by atoms with E-state index in [4.69, 9.17) is 0 Å². The van der Waals surface area contributed by atoms with Crippen LogP contribution in [-0.4, -0.2) is 34.0 Å². The number of aromatic nitrogens is 2. The van der Waals surface area contributed by atoms with Crippen LogP contribution in [-0.2, 0) is 6.42 Å². The lowest BCUT2D eigenvalue weighted by Gasteiger charge is -2.24. The molecule has 2 amide bonds. The number of carbonyl (C=O) groups is 1. The van der Waals surface area contributed by atoms with E-state index < -0.39 is 0 Å². The van der Waals surface area contributed by atoms with Crippen LogP contribution in [0.1, 0.15) is 35.3 Å². The molecular weight excluding hydrogens is 296 g/mol. The highest BCUT2D eigenvalue weighted by atomic mass is 32.1. The first-order valence-corrected chi connectivity index (χ1v) is 8.48. The number of likely N-dealkylation sites (tertiary alicyclic amines) is 1. The van der Waals surface area contributed by atoms with E-state index in [2.05, 4.69) is 15.3 Å². The molecule has 1 saturated heterocycles. The van der Waals surface area contributed by atoms with Gasteiger partial charge in [-0.15, -0.1) is 11.3 Å². The molecule has 2 aromatic rings. The van der Waals surface area contributed by atoms with E-state index in [9.17, 15) is 4.79 Å². The Hall–Kier alpha value is -1.95. The van der Waals surface area contributed by atoms with Gasteiger partial charge in [0.05, 0.1) is 22.4 Å². The summed E-state index contributed by atoms with van der Waals surface area (Å²) in [5, 5.41) is 6.12. The van der Waals surface area contributed by atoms with Crippen LogP contribution in [0.15, 0.2) is 29.8 Å². The third-order valence-electron chi connectivity index (χ3n) is 3.87. The summed E-state index contributed by atoms with van der Waals surface area (Å²) in [7, 11) is 0. The lowest BCUT2D eigenvalue weighted by molar-refractivity contribution is 0.192. The molecule has 1 aliphatic heterocycles. The smallest absolute Gasteiger partial charge is 0.317 e. The number of hydrogen-bond acceptors (Lipinski definition) is 4. The Morgan fingerprint density at radius 2 is 2.41 bits per heavy atom. The summed E-state index contributed by atoms with van der Waals surface area (Å²) in [4.78, 5) is 23.1. The van der Waals surface area contributed by atoms with Crippen molar-refractivity contribution in [3.05, 3.63) is 46.2 Å². The van der Waals surface area contributed by atoms with Crippen molar-refractivity contribution in [3.8, 4) is 0 Å². The second-order valence-electron chi connectivity index (χ2n) is 5.45. The molecule has 0 bridgehead atoms. The zero-order valence-electron chi connectivity index (χ0n) is 12.7. The standard InChI is InChI=1S/C16H20N4OS/c1-12-19-13(11-22-12)7-9-18-16(21)20-10-4-6-15(20)14-5-2-3-8-17-14/h2-3,5,8,11,15H,4,6-7,9-10H2,1H3,(H,18,21). The number of amides is 2. The second-order valence-corrected chi connectivity index (χ2v) is 6.51. The number of nitrogens with zero attached hydrogens (tertiary/aromatic N) is 3. The summed E-state index contributed by atoms with van der Waals surface area (Å²) in [6.45, 7) is 3.41. The van der Waals surface area contributed by atoms with Crippen LogP contribution in [0.5, 0.6) is 0 Å². The van der Waals surface area contributed by atoms with Gasteiger partial charge in [-0.3, -0.25) is 4.98 Å². The van der Waals surface area contributed by atoms with Crippen LogP contribution in [0.3, 0.4) is 0 Å². The highest BCUT2D eigenvalue weighted by Gasteiger charge is 2.30. The number of carbonyl (C=O) groups excluding carboxylic acids is 1. The lowest BCUT2D eigenvalue weighted by atomic mass is 10.1. The molecule has 1 fully saturated rings. The zero-order valence-corrected chi connectivity index (χ0v) is 13.5. The van der Waals surface area contributed by atoms with Gasteiger partial charge in [0, 0.05) is 31.1 Å². The highest BCUT2D eigenvalue weighted by molar-refractivity contribution is 7.09. The first-order chi connectivity index (χ1) is 10.7. The van der Waals surface area contributed by atoms with E-state index in [0.29, 0.717) is 6.54 Å². The van der Waals surface area contributed by atoms with Crippen LogP contribution >= 0.6 is 11.3 Å². The molecule has 0 radical (unpaired) electrons. The molecule has 5 nitrogen and oxygen atoms in total. The molecule has 3 rings (SSSR count). The molecule has 6 heteroatoms. The number of hydrogen-bond donors (Lipinski definition) is 1. The molecule has 1 atom stereocenters. The van der Waals surface area contributed by atoms with Gasteiger partial charge in [-0.2, -0.15) is 0 Å². The predicted octanol–water partition coefficient (Wildman–Crippen LogP) is 2.94. The summed E-state index contributed by atoms with van der Waals surface area (Å²) in [6, 6.07) is 5.97. The van der Waals surface area contributed by atoms with Crippen molar-refractivity contribution >= 4 is 17.4 Å². The fourth-order valence-corrected chi connectivity index (χ4v) is 3.46. The normalized spacial score (nSPS) is 17.7. The minimum absolute atomic E-state index is 0.0000968. The first-order valence-electron chi connectivity index (χ1n) is 7.60. The monoisotopic (exact) mass is 316 g/mol. The summed E-state index contributed by atoms with van der Waals surface area (Å²) in [5.41, 5.74) is 2.02. The molecule has 22 heavy (non-hydrogen) atoms. The number of thiazole rings is 1. The average molecular weight is 316 g/mol. The number of nitrogens with one attached hydrogen (secondary N) is 1. The number of urea groups is 1. The predicted molar refractivity (Wildman–Crippen MR) is 86.9 cm³/mol.